The lowest BCUT2D eigenvalue weighted by Crippen LogP contribution is -2.32. The number of carbonyl (C=O) groups is 2. The number of benzene rings is 1. The molecule has 2 amide bonds. The first-order valence-electron chi connectivity index (χ1n) is 6.67. The van der Waals surface area contributed by atoms with Gasteiger partial charge in [0.05, 0.1) is 15.7 Å². The highest BCUT2D eigenvalue weighted by Gasteiger charge is 2.18. The summed E-state index contributed by atoms with van der Waals surface area (Å²) in [6.45, 7) is 1.25. The molecule has 1 heterocycles. The number of hydrogen-bond acceptors (Lipinski definition) is 3. The van der Waals surface area contributed by atoms with Gasteiger partial charge in [-0.1, -0.05) is 29.3 Å². The number of ether oxygens (including phenoxy) is 1. The minimum absolute atomic E-state index is 0.0823. The third kappa shape index (κ3) is 4.59. The second-order valence-electron chi connectivity index (χ2n) is 4.73. The van der Waals surface area contributed by atoms with Gasteiger partial charge < -0.3 is 15.0 Å². The fraction of sp³-hybridized carbons (Fsp3) is 0.429. The Morgan fingerprint density at radius 3 is 2.62 bits per heavy atom. The van der Waals surface area contributed by atoms with E-state index in [-0.39, 0.29) is 30.1 Å². The Kier molecular flexibility index (Phi) is 5.85. The smallest absolute Gasteiger partial charge is 0.250 e. The van der Waals surface area contributed by atoms with Gasteiger partial charge in [0.15, 0.2) is 0 Å². The molecule has 1 fully saturated rings. The maximum Gasteiger partial charge on any atom is 0.250 e. The zero-order valence-electron chi connectivity index (χ0n) is 11.4. The second-order valence-corrected chi connectivity index (χ2v) is 5.52. The van der Waals surface area contributed by atoms with Crippen LogP contribution in [0.3, 0.4) is 0 Å². The van der Waals surface area contributed by atoms with Gasteiger partial charge in [0.2, 0.25) is 11.8 Å². The Bertz CT molecular complexity index is 531. The molecule has 0 unspecified atom stereocenters. The number of carbonyl (C=O) groups excluding carboxylic acids is 2. The number of likely N-dealkylation sites (tertiary alicyclic amines) is 1. The predicted octanol–water partition coefficient (Wildman–Crippen LogP) is 2.57. The summed E-state index contributed by atoms with van der Waals surface area (Å²) < 4.78 is 5.13. The monoisotopic (exact) mass is 330 g/mol. The maximum atomic E-state index is 11.7. The number of nitrogens with zero attached hydrogens (tertiary/aromatic N) is 1. The lowest BCUT2D eigenvalue weighted by molar-refractivity contribution is -0.136. The topological polar surface area (TPSA) is 58.6 Å². The van der Waals surface area contributed by atoms with Gasteiger partial charge >= 0.3 is 0 Å². The van der Waals surface area contributed by atoms with E-state index in [2.05, 4.69) is 5.32 Å². The molecule has 0 bridgehead atoms. The number of halogens is 2. The first-order valence-corrected chi connectivity index (χ1v) is 7.43. The van der Waals surface area contributed by atoms with Crippen LogP contribution in [0.4, 0.5) is 5.69 Å². The number of nitrogens with one attached hydrogen (secondary N) is 1. The summed E-state index contributed by atoms with van der Waals surface area (Å²) in [7, 11) is 0. The van der Waals surface area contributed by atoms with Crippen LogP contribution in [-0.4, -0.2) is 43.0 Å². The maximum absolute atomic E-state index is 11.7. The van der Waals surface area contributed by atoms with Gasteiger partial charge in [0, 0.05) is 13.1 Å². The van der Waals surface area contributed by atoms with Gasteiger partial charge in [-0.3, -0.25) is 9.59 Å². The molecule has 0 atom stereocenters. The third-order valence-electron chi connectivity index (χ3n) is 3.14. The Hall–Kier alpha value is -1.30. The van der Waals surface area contributed by atoms with Gasteiger partial charge in [-0.05, 0) is 25.0 Å². The lowest BCUT2D eigenvalue weighted by Gasteiger charge is -2.15. The molecule has 1 N–H and O–H groups in total. The number of anilines is 1. The van der Waals surface area contributed by atoms with Crippen LogP contribution in [0.5, 0.6) is 0 Å². The van der Waals surface area contributed by atoms with Crippen LogP contribution in [0, 0.1) is 0 Å². The summed E-state index contributed by atoms with van der Waals surface area (Å²) in [4.78, 5) is 25.2. The minimum atomic E-state index is -0.381. The predicted molar refractivity (Wildman–Crippen MR) is 81.7 cm³/mol. The molecule has 5 nitrogen and oxygen atoms in total. The highest BCUT2D eigenvalue weighted by molar-refractivity contribution is 6.43. The average Bonchev–Trinajstić information content (AvgIpc) is 2.98. The second kappa shape index (κ2) is 7.64. The molecule has 1 aromatic rings. The number of hydrogen-bond donors (Lipinski definition) is 1. The minimum Gasteiger partial charge on any atom is -0.362 e. The summed E-state index contributed by atoms with van der Waals surface area (Å²) in [5, 5.41) is 3.23. The molecule has 1 aliphatic heterocycles. The van der Waals surface area contributed by atoms with Gasteiger partial charge in [-0.25, -0.2) is 0 Å². The van der Waals surface area contributed by atoms with Crippen LogP contribution in [0.2, 0.25) is 10.0 Å². The van der Waals surface area contributed by atoms with Crippen LogP contribution in [0.1, 0.15) is 12.8 Å². The molecule has 114 valence electrons. The van der Waals surface area contributed by atoms with Crippen molar-refractivity contribution in [1.82, 2.24) is 4.90 Å². The van der Waals surface area contributed by atoms with Crippen LogP contribution in [-0.2, 0) is 14.3 Å². The van der Waals surface area contributed by atoms with E-state index in [4.69, 9.17) is 27.9 Å². The van der Waals surface area contributed by atoms with Crippen molar-refractivity contribution < 1.29 is 14.3 Å². The largest absolute Gasteiger partial charge is 0.362 e. The Morgan fingerprint density at radius 1 is 1.19 bits per heavy atom. The Balaban J connectivity index is 1.74. The molecular formula is C14H16Cl2N2O3. The molecule has 21 heavy (non-hydrogen) atoms. The van der Waals surface area contributed by atoms with Crippen LogP contribution >= 0.6 is 23.2 Å². The van der Waals surface area contributed by atoms with E-state index in [1.54, 1.807) is 23.1 Å². The van der Waals surface area contributed by atoms with Crippen molar-refractivity contribution in [1.29, 1.82) is 0 Å². The van der Waals surface area contributed by atoms with Gasteiger partial charge in [0.25, 0.3) is 0 Å². The van der Waals surface area contributed by atoms with E-state index >= 15 is 0 Å². The SMILES string of the molecule is O=C(COCC(=O)N1CCCC1)Nc1cccc(Cl)c1Cl. The molecule has 1 aliphatic rings. The first-order chi connectivity index (χ1) is 10.1. The molecule has 0 spiro atoms. The van der Waals surface area contributed by atoms with Crippen LogP contribution in [0.15, 0.2) is 18.2 Å². The fourth-order valence-electron chi connectivity index (χ4n) is 2.08. The highest BCUT2D eigenvalue weighted by atomic mass is 35.5. The number of amides is 2. The summed E-state index contributed by atoms with van der Waals surface area (Å²) in [6.07, 6.45) is 2.05. The zero-order valence-corrected chi connectivity index (χ0v) is 12.9. The summed E-state index contributed by atoms with van der Waals surface area (Å²) in [5.41, 5.74) is 0.420. The third-order valence-corrected chi connectivity index (χ3v) is 3.96. The first kappa shape index (κ1) is 16.1. The molecular weight excluding hydrogens is 315 g/mol. The molecule has 2 rings (SSSR count). The zero-order chi connectivity index (χ0) is 15.2. The van der Waals surface area contributed by atoms with Gasteiger partial charge in [-0.15, -0.1) is 0 Å². The van der Waals surface area contributed by atoms with E-state index in [1.165, 1.54) is 0 Å². The van der Waals surface area contributed by atoms with Crippen molar-refractivity contribution >= 4 is 40.7 Å². The van der Waals surface area contributed by atoms with Crippen LogP contribution < -0.4 is 5.32 Å². The van der Waals surface area contributed by atoms with Crippen molar-refractivity contribution in [2.45, 2.75) is 12.8 Å². The van der Waals surface area contributed by atoms with Gasteiger partial charge in [0.1, 0.15) is 13.2 Å². The van der Waals surface area contributed by atoms with E-state index in [9.17, 15) is 9.59 Å². The summed E-state index contributed by atoms with van der Waals surface area (Å²) in [6, 6.07) is 4.95. The normalized spacial score (nSPS) is 14.3. The molecule has 0 radical (unpaired) electrons. The van der Waals surface area contributed by atoms with E-state index in [0.717, 1.165) is 25.9 Å². The molecule has 0 aromatic heterocycles. The van der Waals surface area contributed by atoms with Crippen molar-refractivity contribution in [3.8, 4) is 0 Å². The Labute approximate surface area is 133 Å². The quantitative estimate of drug-likeness (QED) is 0.902. The van der Waals surface area contributed by atoms with Crippen molar-refractivity contribution in [3.63, 3.8) is 0 Å². The number of rotatable bonds is 5. The van der Waals surface area contributed by atoms with Crippen molar-refractivity contribution in [2.24, 2.45) is 0 Å². The van der Waals surface area contributed by atoms with Crippen molar-refractivity contribution in [3.05, 3.63) is 28.2 Å². The lowest BCUT2D eigenvalue weighted by atomic mass is 10.3. The molecule has 7 heteroatoms. The van der Waals surface area contributed by atoms with Crippen LogP contribution in [0.25, 0.3) is 0 Å². The molecule has 1 aromatic carbocycles. The average molecular weight is 331 g/mol. The molecule has 0 saturated carbocycles. The molecule has 0 aliphatic carbocycles. The fourth-order valence-corrected chi connectivity index (χ4v) is 2.42. The molecule has 1 saturated heterocycles. The highest BCUT2D eigenvalue weighted by Crippen LogP contribution is 2.29. The summed E-state index contributed by atoms with van der Waals surface area (Å²) in [5.74, 6) is -0.463. The van der Waals surface area contributed by atoms with E-state index in [1.807, 2.05) is 0 Å². The summed E-state index contributed by atoms with van der Waals surface area (Å²) >= 11 is 11.8. The van der Waals surface area contributed by atoms with E-state index in [0.29, 0.717) is 10.7 Å². The van der Waals surface area contributed by atoms with Gasteiger partial charge in [-0.2, -0.15) is 0 Å². The Morgan fingerprint density at radius 2 is 1.90 bits per heavy atom. The van der Waals surface area contributed by atoms with Crippen molar-refractivity contribution in [2.75, 3.05) is 31.6 Å². The standard InChI is InChI=1S/C14H16Cl2N2O3/c15-10-4-3-5-11(14(10)16)17-12(19)8-21-9-13(20)18-6-1-2-7-18/h3-5H,1-2,6-9H2,(H,17,19). The van der Waals surface area contributed by atoms with E-state index < -0.39 is 0 Å².